The van der Waals surface area contributed by atoms with Crippen LogP contribution < -0.4 is 0 Å². The van der Waals surface area contributed by atoms with E-state index in [0.29, 0.717) is 11.8 Å². The maximum Gasteiger partial charge on any atom is 0.257 e. The minimum atomic E-state index is 0.0926. The van der Waals surface area contributed by atoms with Gasteiger partial charge in [-0.1, -0.05) is 96.2 Å². The molecule has 142 valence electrons. The first-order valence-corrected chi connectivity index (χ1v) is 9.25. The molecule has 0 aliphatic rings. The van der Waals surface area contributed by atoms with Crippen molar-refractivity contribution in [3.05, 3.63) is 119 Å². The zero-order valence-corrected chi connectivity index (χ0v) is 15.7. The zero-order valence-electron chi connectivity index (χ0n) is 15.7. The number of oxime groups is 1. The molecule has 5 nitrogen and oxygen atoms in total. The molecule has 0 atom stereocenters. The van der Waals surface area contributed by atoms with Crippen molar-refractivity contribution >= 4 is 17.9 Å². The molecular formula is C24H19N3O2. The van der Waals surface area contributed by atoms with Crippen LogP contribution in [0.4, 0.5) is 0 Å². The molecule has 0 unspecified atom stereocenters. The summed E-state index contributed by atoms with van der Waals surface area (Å²) >= 11 is 0. The van der Waals surface area contributed by atoms with Crippen LogP contribution in [0.25, 0.3) is 12.2 Å². The van der Waals surface area contributed by atoms with Crippen LogP contribution in [0.3, 0.4) is 0 Å². The quantitative estimate of drug-likeness (QED) is 0.326. The first kappa shape index (κ1) is 18.4. The molecule has 0 bridgehead atoms. The highest BCUT2D eigenvalue weighted by Gasteiger charge is 2.08. The Labute approximate surface area is 169 Å². The zero-order chi connectivity index (χ0) is 19.7. The van der Waals surface area contributed by atoms with Crippen LogP contribution in [0.5, 0.6) is 0 Å². The minimum Gasteiger partial charge on any atom is -0.417 e. The van der Waals surface area contributed by atoms with E-state index in [0.717, 1.165) is 22.4 Å². The Balaban J connectivity index is 1.45. The van der Waals surface area contributed by atoms with Gasteiger partial charge in [0.15, 0.2) is 6.61 Å². The molecule has 3 aromatic carbocycles. The molecule has 5 heteroatoms. The lowest BCUT2D eigenvalue weighted by molar-refractivity contribution is 0.111. The van der Waals surface area contributed by atoms with Crippen molar-refractivity contribution in [1.82, 2.24) is 10.2 Å². The largest absolute Gasteiger partial charge is 0.417 e. The minimum absolute atomic E-state index is 0.0926. The number of aromatic nitrogens is 2. The molecule has 1 aromatic heterocycles. The van der Waals surface area contributed by atoms with Gasteiger partial charge in [0.05, 0.1) is 0 Å². The molecule has 0 radical (unpaired) electrons. The summed E-state index contributed by atoms with van der Waals surface area (Å²) in [4.78, 5) is 5.53. The van der Waals surface area contributed by atoms with Crippen LogP contribution in [-0.2, 0) is 11.4 Å². The molecular weight excluding hydrogens is 362 g/mol. The standard InChI is InChI=1S/C24H19N3O2/c1-4-10-19(11-5-1)16-17-22-25-26-23(29-22)18-28-27-24(20-12-6-2-7-13-20)21-14-8-3-9-15-21/h1-17H,18H2/b17-16+. The van der Waals surface area contributed by atoms with E-state index in [1.807, 2.05) is 97.1 Å². The van der Waals surface area contributed by atoms with E-state index in [-0.39, 0.29) is 6.61 Å². The Morgan fingerprint density at radius 3 is 1.97 bits per heavy atom. The molecule has 0 spiro atoms. The van der Waals surface area contributed by atoms with Crippen LogP contribution in [-0.4, -0.2) is 15.9 Å². The third-order valence-corrected chi connectivity index (χ3v) is 4.14. The molecule has 0 aliphatic carbocycles. The van der Waals surface area contributed by atoms with E-state index in [4.69, 9.17) is 9.25 Å². The van der Waals surface area contributed by atoms with Gasteiger partial charge in [0.2, 0.25) is 5.89 Å². The average Bonchev–Trinajstić information content (AvgIpc) is 3.25. The van der Waals surface area contributed by atoms with Crippen LogP contribution in [0.15, 0.2) is 101 Å². The molecule has 4 rings (SSSR count). The fourth-order valence-corrected chi connectivity index (χ4v) is 2.74. The van der Waals surface area contributed by atoms with Crippen LogP contribution in [0, 0.1) is 0 Å². The first-order valence-electron chi connectivity index (χ1n) is 9.25. The van der Waals surface area contributed by atoms with Gasteiger partial charge in [-0.3, -0.25) is 0 Å². The normalized spacial score (nSPS) is 10.8. The molecule has 0 N–H and O–H groups in total. The number of rotatable bonds is 7. The lowest BCUT2D eigenvalue weighted by Gasteiger charge is -2.06. The highest BCUT2D eigenvalue weighted by Crippen LogP contribution is 2.12. The summed E-state index contributed by atoms with van der Waals surface area (Å²) in [6.45, 7) is 0.0926. The maximum absolute atomic E-state index is 5.60. The lowest BCUT2D eigenvalue weighted by atomic mass is 10.0. The summed E-state index contributed by atoms with van der Waals surface area (Å²) in [6.07, 6.45) is 3.69. The Morgan fingerprint density at radius 1 is 0.759 bits per heavy atom. The molecule has 4 aromatic rings. The Morgan fingerprint density at radius 2 is 1.34 bits per heavy atom. The summed E-state index contributed by atoms with van der Waals surface area (Å²) in [7, 11) is 0. The monoisotopic (exact) mass is 381 g/mol. The summed E-state index contributed by atoms with van der Waals surface area (Å²) in [5.74, 6) is 0.782. The van der Waals surface area contributed by atoms with Gasteiger partial charge in [0, 0.05) is 17.2 Å². The van der Waals surface area contributed by atoms with Gasteiger partial charge in [0.1, 0.15) is 5.71 Å². The van der Waals surface area contributed by atoms with E-state index in [2.05, 4.69) is 15.4 Å². The van der Waals surface area contributed by atoms with Crippen molar-refractivity contribution in [3.8, 4) is 0 Å². The van der Waals surface area contributed by atoms with Gasteiger partial charge < -0.3 is 9.25 Å². The first-order chi connectivity index (χ1) is 14.4. The average molecular weight is 381 g/mol. The smallest absolute Gasteiger partial charge is 0.257 e. The SMILES string of the molecule is C(=C\c1nnc(CON=C(c2ccccc2)c2ccccc2)o1)/c1ccccc1. The number of hydrogen-bond donors (Lipinski definition) is 0. The van der Waals surface area contributed by atoms with Crippen LogP contribution in [0.2, 0.25) is 0 Å². The van der Waals surface area contributed by atoms with Crippen molar-refractivity contribution in [1.29, 1.82) is 0 Å². The number of benzene rings is 3. The third-order valence-electron chi connectivity index (χ3n) is 4.14. The van der Waals surface area contributed by atoms with Gasteiger partial charge in [-0.2, -0.15) is 0 Å². The molecule has 0 fully saturated rings. The highest BCUT2D eigenvalue weighted by molar-refractivity contribution is 6.12. The van der Waals surface area contributed by atoms with Gasteiger partial charge in [-0.15, -0.1) is 10.2 Å². The Kier molecular flexibility index (Phi) is 5.88. The number of nitrogens with zero attached hydrogens (tertiary/aromatic N) is 3. The topological polar surface area (TPSA) is 60.5 Å². The highest BCUT2D eigenvalue weighted by atomic mass is 16.6. The third kappa shape index (κ3) is 5.05. The van der Waals surface area contributed by atoms with Crippen molar-refractivity contribution in [2.24, 2.45) is 5.16 Å². The molecule has 0 saturated carbocycles. The Bertz CT molecular complexity index is 1050. The predicted molar refractivity (Wildman–Crippen MR) is 113 cm³/mol. The summed E-state index contributed by atoms with van der Waals surface area (Å²) < 4.78 is 5.60. The van der Waals surface area contributed by atoms with Crippen molar-refractivity contribution in [2.75, 3.05) is 0 Å². The van der Waals surface area contributed by atoms with Gasteiger partial charge >= 0.3 is 0 Å². The summed E-state index contributed by atoms with van der Waals surface area (Å²) in [5, 5.41) is 12.4. The summed E-state index contributed by atoms with van der Waals surface area (Å²) in [6, 6.07) is 29.7. The maximum atomic E-state index is 5.60. The van der Waals surface area contributed by atoms with Crippen molar-refractivity contribution < 1.29 is 9.25 Å². The molecule has 0 aliphatic heterocycles. The number of hydrogen-bond acceptors (Lipinski definition) is 5. The predicted octanol–water partition coefficient (Wildman–Crippen LogP) is 5.21. The second-order valence-corrected chi connectivity index (χ2v) is 6.22. The van der Waals surface area contributed by atoms with E-state index in [9.17, 15) is 0 Å². The van der Waals surface area contributed by atoms with Crippen LogP contribution in [0.1, 0.15) is 28.5 Å². The van der Waals surface area contributed by atoms with E-state index in [1.54, 1.807) is 6.08 Å². The molecule has 0 amide bonds. The van der Waals surface area contributed by atoms with Crippen LogP contribution >= 0.6 is 0 Å². The lowest BCUT2D eigenvalue weighted by Crippen LogP contribution is -2.04. The van der Waals surface area contributed by atoms with Gasteiger partial charge in [0.25, 0.3) is 5.89 Å². The van der Waals surface area contributed by atoms with E-state index < -0.39 is 0 Å². The van der Waals surface area contributed by atoms with Crippen molar-refractivity contribution in [3.63, 3.8) is 0 Å². The van der Waals surface area contributed by atoms with E-state index >= 15 is 0 Å². The molecule has 0 saturated heterocycles. The van der Waals surface area contributed by atoms with Gasteiger partial charge in [-0.05, 0) is 11.6 Å². The second kappa shape index (κ2) is 9.28. The Hall–Kier alpha value is -3.99. The fourth-order valence-electron chi connectivity index (χ4n) is 2.74. The second-order valence-electron chi connectivity index (χ2n) is 6.22. The van der Waals surface area contributed by atoms with E-state index in [1.165, 1.54) is 0 Å². The summed E-state index contributed by atoms with van der Waals surface area (Å²) in [5.41, 5.74) is 3.74. The van der Waals surface area contributed by atoms with Gasteiger partial charge in [-0.25, -0.2) is 0 Å². The fraction of sp³-hybridized carbons (Fsp3) is 0.0417. The molecule has 29 heavy (non-hydrogen) atoms. The molecule has 1 heterocycles. The van der Waals surface area contributed by atoms with Crippen molar-refractivity contribution in [2.45, 2.75) is 6.61 Å².